The van der Waals surface area contributed by atoms with Gasteiger partial charge in [0.2, 0.25) is 0 Å². The van der Waals surface area contributed by atoms with Crippen molar-refractivity contribution in [3.8, 4) is 0 Å². The summed E-state index contributed by atoms with van der Waals surface area (Å²) in [4.78, 5) is 14.2. The van der Waals surface area contributed by atoms with Crippen LogP contribution in [0.15, 0.2) is 24.3 Å². The molecule has 1 fully saturated rings. The average Bonchev–Trinajstić information content (AvgIpc) is 2.46. The lowest BCUT2D eigenvalue weighted by Gasteiger charge is -2.26. The fraction of sp³-hybridized carbons (Fsp3) is 0.429. The van der Waals surface area contributed by atoms with Crippen molar-refractivity contribution in [3.63, 3.8) is 0 Å². The van der Waals surface area contributed by atoms with E-state index in [9.17, 15) is 4.79 Å². The van der Waals surface area contributed by atoms with E-state index in [0.29, 0.717) is 11.5 Å². The number of amides is 2. The van der Waals surface area contributed by atoms with Crippen LogP contribution in [0.2, 0.25) is 0 Å². The number of nitrogens with two attached hydrogens (primary N) is 1. The van der Waals surface area contributed by atoms with Crippen LogP contribution < -0.4 is 11.1 Å². The number of hydrogen-bond donors (Lipinski definition) is 2. The maximum atomic E-state index is 11.9. The Hall–Kier alpha value is -1.62. The van der Waals surface area contributed by atoms with Gasteiger partial charge in [-0.05, 0) is 24.8 Å². The smallest absolute Gasteiger partial charge is 0.317 e. The van der Waals surface area contributed by atoms with Crippen molar-refractivity contribution in [2.24, 2.45) is 5.73 Å². The van der Waals surface area contributed by atoms with Crippen molar-refractivity contribution in [2.75, 3.05) is 13.1 Å². The zero-order valence-corrected chi connectivity index (χ0v) is 11.7. The molecular formula is C14H19N3OS. The molecule has 19 heavy (non-hydrogen) atoms. The summed E-state index contributed by atoms with van der Waals surface area (Å²) < 4.78 is 0. The molecule has 4 nitrogen and oxygen atoms in total. The van der Waals surface area contributed by atoms with Crippen LogP contribution in [0.25, 0.3) is 0 Å². The van der Waals surface area contributed by atoms with Crippen molar-refractivity contribution in [2.45, 2.75) is 25.8 Å². The van der Waals surface area contributed by atoms with E-state index in [1.807, 2.05) is 29.2 Å². The summed E-state index contributed by atoms with van der Waals surface area (Å²) in [6.45, 7) is 2.27. The monoisotopic (exact) mass is 277 g/mol. The minimum atomic E-state index is 0.0260. The highest BCUT2D eigenvalue weighted by Crippen LogP contribution is 2.09. The van der Waals surface area contributed by atoms with Crippen LogP contribution in [0, 0.1) is 0 Å². The first-order chi connectivity index (χ1) is 9.16. The van der Waals surface area contributed by atoms with E-state index in [1.165, 1.54) is 6.42 Å². The van der Waals surface area contributed by atoms with Crippen molar-refractivity contribution < 1.29 is 4.79 Å². The number of hydrogen-bond acceptors (Lipinski definition) is 2. The molecule has 0 radical (unpaired) electrons. The molecule has 0 unspecified atom stereocenters. The Balaban J connectivity index is 1.84. The van der Waals surface area contributed by atoms with Gasteiger partial charge < -0.3 is 16.0 Å². The summed E-state index contributed by atoms with van der Waals surface area (Å²) in [7, 11) is 0. The lowest BCUT2D eigenvalue weighted by atomic mass is 10.1. The summed E-state index contributed by atoms with van der Waals surface area (Å²) in [5.41, 5.74) is 7.43. The highest BCUT2D eigenvalue weighted by molar-refractivity contribution is 7.80. The van der Waals surface area contributed by atoms with Crippen LogP contribution in [-0.4, -0.2) is 29.0 Å². The fourth-order valence-electron chi connectivity index (χ4n) is 2.17. The first-order valence-electron chi connectivity index (χ1n) is 6.58. The van der Waals surface area contributed by atoms with E-state index >= 15 is 0 Å². The second-order valence-corrected chi connectivity index (χ2v) is 5.21. The number of nitrogens with zero attached hydrogens (tertiary/aromatic N) is 1. The standard InChI is InChI=1S/C14H19N3OS/c15-13(19)12-6-4-11(5-7-12)10-16-14(18)17-8-2-1-3-9-17/h4-7H,1-3,8-10H2,(H2,15,19)(H,16,18). The molecule has 102 valence electrons. The molecule has 0 bridgehead atoms. The third kappa shape index (κ3) is 3.92. The summed E-state index contributed by atoms with van der Waals surface area (Å²) in [5.74, 6) is 0. The third-order valence-corrected chi connectivity index (χ3v) is 3.56. The van der Waals surface area contributed by atoms with Gasteiger partial charge in [0.15, 0.2) is 0 Å². The molecule has 0 atom stereocenters. The summed E-state index contributed by atoms with van der Waals surface area (Å²) in [6.07, 6.45) is 3.44. The van der Waals surface area contributed by atoms with E-state index < -0.39 is 0 Å². The minimum absolute atomic E-state index is 0.0260. The molecule has 2 amide bonds. The molecule has 0 aromatic heterocycles. The molecule has 0 saturated carbocycles. The van der Waals surface area contributed by atoms with Gasteiger partial charge in [-0.15, -0.1) is 0 Å². The van der Waals surface area contributed by atoms with Gasteiger partial charge in [0.25, 0.3) is 0 Å². The molecule has 1 aromatic carbocycles. The van der Waals surface area contributed by atoms with E-state index in [-0.39, 0.29) is 6.03 Å². The first kappa shape index (κ1) is 13.8. The van der Waals surface area contributed by atoms with Crippen LogP contribution in [-0.2, 0) is 6.54 Å². The number of benzene rings is 1. The number of carbonyl (C=O) groups excluding carboxylic acids is 1. The lowest BCUT2D eigenvalue weighted by molar-refractivity contribution is 0.186. The molecule has 0 spiro atoms. The van der Waals surface area contributed by atoms with Gasteiger partial charge in [0, 0.05) is 25.2 Å². The van der Waals surface area contributed by atoms with Crippen LogP contribution in [0.3, 0.4) is 0 Å². The van der Waals surface area contributed by atoms with Crippen LogP contribution >= 0.6 is 12.2 Å². The topological polar surface area (TPSA) is 58.4 Å². The molecule has 1 aromatic rings. The van der Waals surface area contributed by atoms with Gasteiger partial charge in [0.1, 0.15) is 4.99 Å². The van der Waals surface area contributed by atoms with Crippen LogP contribution in [0.1, 0.15) is 30.4 Å². The first-order valence-corrected chi connectivity index (χ1v) is 6.99. The Morgan fingerprint density at radius 2 is 1.84 bits per heavy atom. The van der Waals surface area contributed by atoms with Gasteiger partial charge in [-0.1, -0.05) is 36.5 Å². The van der Waals surface area contributed by atoms with Crippen molar-refractivity contribution in [1.82, 2.24) is 10.2 Å². The number of urea groups is 1. The zero-order chi connectivity index (χ0) is 13.7. The molecule has 3 N–H and O–H groups in total. The summed E-state index contributed by atoms with van der Waals surface area (Å²) in [5, 5.41) is 2.94. The molecule has 5 heteroatoms. The predicted molar refractivity (Wildman–Crippen MR) is 80.0 cm³/mol. The molecule has 1 aliphatic rings. The Morgan fingerprint density at radius 1 is 1.21 bits per heavy atom. The molecule has 1 heterocycles. The van der Waals surface area contributed by atoms with Gasteiger partial charge in [-0.3, -0.25) is 0 Å². The number of carbonyl (C=O) groups is 1. The summed E-state index contributed by atoms with van der Waals surface area (Å²) >= 11 is 4.90. The van der Waals surface area contributed by atoms with Crippen LogP contribution in [0.4, 0.5) is 4.79 Å². The molecule has 2 rings (SSSR count). The Labute approximate surface area is 119 Å². The largest absolute Gasteiger partial charge is 0.389 e. The molecular weight excluding hydrogens is 258 g/mol. The van der Waals surface area contributed by atoms with Crippen LogP contribution in [0.5, 0.6) is 0 Å². The van der Waals surface area contributed by atoms with E-state index in [0.717, 1.165) is 37.1 Å². The number of thiocarbonyl (C=S) groups is 1. The van der Waals surface area contributed by atoms with Crippen molar-refractivity contribution in [1.29, 1.82) is 0 Å². The Morgan fingerprint density at radius 3 is 2.42 bits per heavy atom. The zero-order valence-electron chi connectivity index (χ0n) is 10.9. The molecule has 1 saturated heterocycles. The fourth-order valence-corrected chi connectivity index (χ4v) is 2.31. The lowest BCUT2D eigenvalue weighted by Crippen LogP contribution is -2.42. The van der Waals surface area contributed by atoms with E-state index in [2.05, 4.69) is 5.32 Å². The quantitative estimate of drug-likeness (QED) is 0.831. The SMILES string of the molecule is NC(=S)c1ccc(CNC(=O)N2CCCCC2)cc1. The highest BCUT2D eigenvalue weighted by Gasteiger charge is 2.15. The second-order valence-electron chi connectivity index (χ2n) is 4.77. The summed E-state index contributed by atoms with van der Waals surface area (Å²) in [6, 6.07) is 7.66. The Bertz CT molecular complexity index is 452. The minimum Gasteiger partial charge on any atom is -0.389 e. The normalized spacial score (nSPS) is 15.1. The molecule has 1 aliphatic heterocycles. The highest BCUT2D eigenvalue weighted by atomic mass is 32.1. The average molecular weight is 277 g/mol. The maximum absolute atomic E-state index is 11.9. The van der Waals surface area contributed by atoms with Crippen molar-refractivity contribution >= 4 is 23.2 Å². The van der Waals surface area contributed by atoms with Gasteiger partial charge in [-0.2, -0.15) is 0 Å². The maximum Gasteiger partial charge on any atom is 0.317 e. The predicted octanol–water partition coefficient (Wildman–Crippen LogP) is 2.02. The van der Waals surface area contributed by atoms with E-state index in [1.54, 1.807) is 0 Å². The Kier molecular flexibility index (Phi) is 4.74. The second kappa shape index (κ2) is 6.52. The number of piperidine rings is 1. The van der Waals surface area contributed by atoms with E-state index in [4.69, 9.17) is 18.0 Å². The number of rotatable bonds is 3. The number of nitrogens with one attached hydrogen (secondary N) is 1. The van der Waals surface area contributed by atoms with Gasteiger partial charge in [-0.25, -0.2) is 4.79 Å². The molecule has 0 aliphatic carbocycles. The van der Waals surface area contributed by atoms with Crippen molar-refractivity contribution in [3.05, 3.63) is 35.4 Å². The third-order valence-electron chi connectivity index (χ3n) is 3.33. The van der Waals surface area contributed by atoms with Gasteiger partial charge >= 0.3 is 6.03 Å². The number of likely N-dealkylation sites (tertiary alicyclic amines) is 1. The van der Waals surface area contributed by atoms with Gasteiger partial charge in [0.05, 0.1) is 0 Å².